The minimum atomic E-state index is -0.575. The van der Waals surface area contributed by atoms with E-state index >= 15 is 0 Å². The predicted molar refractivity (Wildman–Crippen MR) is 68.9 cm³/mol. The molecular weight excluding hydrogens is 218 g/mol. The molecular formula is C15H16F2. The summed E-state index contributed by atoms with van der Waals surface area (Å²) in [5.41, 5.74) is 2.26. The Hall–Kier alpha value is -1.70. The first kappa shape index (κ1) is 13.4. The Bertz CT molecular complexity index is 462. The van der Waals surface area contributed by atoms with Crippen molar-refractivity contribution in [2.24, 2.45) is 0 Å². The first-order chi connectivity index (χ1) is 8.08. The van der Waals surface area contributed by atoms with Crippen molar-refractivity contribution in [3.63, 3.8) is 0 Å². The van der Waals surface area contributed by atoms with Crippen molar-refractivity contribution < 1.29 is 8.78 Å². The molecule has 0 heterocycles. The summed E-state index contributed by atoms with van der Waals surface area (Å²) in [7, 11) is 0. The van der Waals surface area contributed by atoms with Crippen molar-refractivity contribution in [1.82, 2.24) is 0 Å². The summed E-state index contributed by atoms with van der Waals surface area (Å²) in [6, 6.07) is 7.45. The molecule has 0 aliphatic heterocycles. The average Bonchev–Trinajstić information content (AvgIpc) is 2.32. The lowest BCUT2D eigenvalue weighted by Gasteiger charge is -2.05. The zero-order valence-corrected chi connectivity index (χ0v) is 10.3. The van der Waals surface area contributed by atoms with Gasteiger partial charge in [0.05, 0.1) is 0 Å². The van der Waals surface area contributed by atoms with Gasteiger partial charge in [0.1, 0.15) is 11.7 Å². The molecule has 0 aromatic heterocycles. The summed E-state index contributed by atoms with van der Waals surface area (Å²) in [5, 5.41) is 0. The van der Waals surface area contributed by atoms with Gasteiger partial charge in [-0.15, -0.1) is 0 Å². The average molecular weight is 234 g/mol. The molecule has 0 atom stereocenters. The van der Waals surface area contributed by atoms with Crippen LogP contribution in [0.4, 0.5) is 8.78 Å². The molecule has 0 fully saturated rings. The molecule has 0 bridgehead atoms. The van der Waals surface area contributed by atoms with Crippen LogP contribution in [-0.2, 0) is 0 Å². The fourth-order valence-corrected chi connectivity index (χ4v) is 1.46. The third-order valence-electron chi connectivity index (χ3n) is 2.45. The standard InChI is InChI=1S/C15H16F2/c1-4-13(16)10-15(17)14(5-2)12-8-6-11(3)7-9-12/h4-10H,1-3H3/b13-4+,14-5+,15-10+. The van der Waals surface area contributed by atoms with Crippen molar-refractivity contribution in [3.8, 4) is 0 Å². The van der Waals surface area contributed by atoms with Crippen molar-refractivity contribution in [2.75, 3.05) is 0 Å². The Balaban J connectivity index is 3.09. The van der Waals surface area contributed by atoms with Gasteiger partial charge in [0.25, 0.3) is 0 Å². The second-order valence-corrected chi connectivity index (χ2v) is 3.73. The fourth-order valence-electron chi connectivity index (χ4n) is 1.46. The third-order valence-corrected chi connectivity index (χ3v) is 2.45. The Morgan fingerprint density at radius 2 is 1.59 bits per heavy atom. The molecule has 90 valence electrons. The van der Waals surface area contributed by atoms with Crippen LogP contribution in [0.25, 0.3) is 5.57 Å². The molecule has 1 aromatic rings. The Morgan fingerprint density at radius 3 is 2.06 bits per heavy atom. The molecule has 0 aliphatic rings. The van der Waals surface area contributed by atoms with E-state index in [2.05, 4.69) is 0 Å². The molecule has 2 heteroatoms. The molecule has 0 nitrogen and oxygen atoms in total. The lowest BCUT2D eigenvalue weighted by Crippen LogP contribution is -1.86. The molecule has 0 saturated heterocycles. The quantitative estimate of drug-likeness (QED) is 0.636. The highest BCUT2D eigenvalue weighted by atomic mass is 19.1. The van der Waals surface area contributed by atoms with Gasteiger partial charge < -0.3 is 0 Å². The van der Waals surface area contributed by atoms with Gasteiger partial charge in [0.2, 0.25) is 0 Å². The summed E-state index contributed by atoms with van der Waals surface area (Å²) < 4.78 is 26.8. The molecule has 0 unspecified atom stereocenters. The third kappa shape index (κ3) is 3.66. The van der Waals surface area contributed by atoms with Crippen LogP contribution in [0.3, 0.4) is 0 Å². The van der Waals surface area contributed by atoms with E-state index in [4.69, 9.17) is 0 Å². The summed E-state index contributed by atoms with van der Waals surface area (Å²) in [4.78, 5) is 0. The SMILES string of the molecule is C\C=C(F)/C=C(F)\C(=C\C)c1ccc(C)cc1. The largest absolute Gasteiger partial charge is 0.207 e. The predicted octanol–water partition coefficient (Wildman–Crippen LogP) is 5.13. The molecule has 1 rings (SSSR count). The van der Waals surface area contributed by atoms with Crippen LogP contribution in [0.2, 0.25) is 0 Å². The van der Waals surface area contributed by atoms with Gasteiger partial charge in [-0.05, 0) is 26.3 Å². The van der Waals surface area contributed by atoms with Gasteiger partial charge in [-0.3, -0.25) is 0 Å². The Kier molecular flexibility index (Phi) is 4.83. The minimum Gasteiger partial charge on any atom is -0.207 e. The van der Waals surface area contributed by atoms with E-state index in [0.717, 1.165) is 17.2 Å². The smallest absolute Gasteiger partial charge is 0.133 e. The summed E-state index contributed by atoms with van der Waals surface area (Å²) >= 11 is 0. The molecule has 0 radical (unpaired) electrons. The fraction of sp³-hybridized carbons (Fsp3) is 0.200. The molecule has 1 aromatic carbocycles. The maximum atomic E-state index is 13.8. The number of allylic oxidation sites excluding steroid dienone is 6. The van der Waals surface area contributed by atoms with Crippen molar-refractivity contribution >= 4 is 5.57 Å². The Morgan fingerprint density at radius 1 is 1.00 bits per heavy atom. The van der Waals surface area contributed by atoms with Gasteiger partial charge in [-0.1, -0.05) is 42.0 Å². The van der Waals surface area contributed by atoms with E-state index in [0.29, 0.717) is 5.57 Å². The zero-order valence-electron chi connectivity index (χ0n) is 10.3. The van der Waals surface area contributed by atoms with Gasteiger partial charge in [0.15, 0.2) is 0 Å². The van der Waals surface area contributed by atoms with Crippen LogP contribution >= 0.6 is 0 Å². The number of benzene rings is 1. The van der Waals surface area contributed by atoms with E-state index in [1.54, 1.807) is 13.0 Å². The van der Waals surface area contributed by atoms with E-state index < -0.39 is 11.7 Å². The van der Waals surface area contributed by atoms with Crippen molar-refractivity contribution in [2.45, 2.75) is 20.8 Å². The molecule has 0 spiro atoms. The van der Waals surface area contributed by atoms with E-state index in [1.807, 2.05) is 31.2 Å². The molecule has 0 aliphatic carbocycles. The maximum Gasteiger partial charge on any atom is 0.133 e. The lowest BCUT2D eigenvalue weighted by molar-refractivity contribution is 0.633. The van der Waals surface area contributed by atoms with Crippen LogP contribution in [-0.4, -0.2) is 0 Å². The normalized spacial score (nSPS) is 14.1. The molecule has 17 heavy (non-hydrogen) atoms. The number of rotatable bonds is 3. The minimum absolute atomic E-state index is 0.405. The number of halogens is 2. The van der Waals surface area contributed by atoms with Gasteiger partial charge in [0, 0.05) is 11.6 Å². The number of hydrogen-bond donors (Lipinski definition) is 0. The van der Waals surface area contributed by atoms with Crippen LogP contribution in [0, 0.1) is 6.92 Å². The van der Waals surface area contributed by atoms with Crippen molar-refractivity contribution in [3.05, 3.63) is 65.3 Å². The van der Waals surface area contributed by atoms with Crippen LogP contribution in [0.5, 0.6) is 0 Å². The van der Waals surface area contributed by atoms with E-state index in [-0.39, 0.29) is 0 Å². The summed E-state index contributed by atoms with van der Waals surface area (Å²) in [6.45, 7) is 5.22. The van der Waals surface area contributed by atoms with E-state index in [1.165, 1.54) is 13.0 Å². The maximum absolute atomic E-state index is 13.8. The zero-order chi connectivity index (χ0) is 12.8. The summed E-state index contributed by atoms with van der Waals surface area (Å²) in [6.07, 6.45) is 3.76. The van der Waals surface area contributed by atoms with Crippen LogP contribution in [0.1, 0.15) is 25.0 Å². The lowest BCUT2D eigenvalue weighted by atomic mass is 10.0. The van der Waals surface area contributed by atoms with Crippen molar-refractivity contribution in [1.29, 1.82) is 0 Å². The molecule has 0 amide bonds. The second-order valence-electron chi connectivity index (χ2n) is 3.73. The monoisotopic (exact) mass is 234 g/mol. The van der Waals surface area contributed by atoms with Gasteiger partial charge >= 0.3 is 0 Å². The van der Waals surface area contributed by atoms with E-state index in [9.17, 15) is 8.78 Å². The number of aryl methyl sites for hydroxylation is 1. The number of hydrogen-bond acceptors (Lipinski definition) is 0. The molecule has 0 saturated carbocycles. The second kappa shape index (κ2) is 6.14. The van der Waals surface area contributed by atoms with Gasteiger partial charge in [-0.25, -0.2) is 8.78 Å². The highest BCUT2D eigenvalue weighted by molar-refractivity contribution is 5.77. The highest BCUT2D eigenvalue weighted by Gasteiger charge is 2.07. The first-order valence-corrected chi connectivity index (χ1v) is 5.51. The van der Waals surface area contributed by atoms with Crippen LogP contribution in [0.15, 0.2) is 54.1 Å². The first-order valence-electron chi connectivity index (χ1n) is 5.51. The molecule has 0 N–H and O–H groups in total. The van der Waals surface area contributed by atoms with Crippen LogP contribution < -0.4 is 0 Å². The Labute approximate surface area is 101 Å². The summed E-state index contributed by atoms with van der Waals surface area (Å²) in [5.74, 6) is -1.14. The highest BCUT2D eigenvalue weighted by Crippen LogP contribution is 2.25. The van der Waals surface area contributed by atoms with Gasteiger partial charge in [-0.2, -0.15) is 0 Å². The topological polar surface area (TPSA) is 0 Å².